The van der Waals surface area contributed by atoms with Gasteiger partial charge in [-0.2, -0.15) is 0 Å². The Hall–Kier alpha value is 0.0200. The van der Waals surface area contributed by atoms with Gasteiger partial charge in [0, 0.05) is 0 Å². The second kappa shape index (κ2) is 5.64. The van der Waals surface area contributed by atoms with Crippen LogP contribution in [0, 0.1) is 5.41 Å². The highest BCUT2D eigenvalue weighted by Crippen LogP contribution is 2.17. The van der Waals surface area contributed by atoms with Crippen LogP contribution in [0.25, 0.3) is 0 Å². The maximum absolute atomic E-state index is 7.01. The fourth-order valence-electron chi connectivity index (χ4n) is 1.38. The zero-order chi connectivity index (χ0) is 7.94. The van der Waals surface area contributed by atoms with E-state index in [1.807, 2.05) is 0 Å². The maximum atomic E-state index is 7.01. The van der Waals surface area contributed by atoms with E-state index in [9.17, 15) is 0 Å². The summed E-state index contributed by atoms with van der Waals surface area (Å²) in [4.78, 5) is 0. The van der Waals surface area contributed by atoms with Gasteiger partial charge in [-0.15, -0.1) is 11.8 Å². The van der Waals surface area contributed by atoms with E-state index in [4.69, 9.17) is 5.41 Å². The summed E-state index contributed by atoms with van der Waals surface area (Å²) in [6, 6.07) is 0. The molecule has 0 radical (unpaired) electrons. The third-order valence-electron chi connectivity index (χ3n) is 2.07. The number of rotatable bonds is 0. The molecule has 0 bridgehead atoms. The second-order valence-electron chi connectivity index (χ2n) is 3.14. The van der Waals surface area contributed by atoms with Crippen molar-refractivity contribution in [3.05, 3.63) is 0 Å². The minimum Gasteiger partial charge on any atom is -0.298 e. The lowest BCUT2D eigenvalue weighted by atomic mass is 10.4. The van der Waals surface area contributed by atoms with Gasteiger partial charge in [0.2, 0.25) is 0 Å². The van der Waals surface area contributed by atoms with Crippen LogP contribution in [0.2, 0.25) is 0 Å². The Balaban J connectivity index is 0.000000112. The molecule has 2 heteroatoms. The summed E-state index contributed by atoms with van der Waals surface area (Å²) in [7, 11) is 0. The Morgan fingerprint density at radius 2 is 1.45 bits per heavy atom. The minimum absolute atomic E-state index is 0.870. The quantitative estimate of drug-likeness (QED) is 0.593. The fourth-order valence-corrected chi connectivity index (χ4v) is 2.21. The standard InChI is InChI=1S/C5H10.C4H7NS/c1-2-4-5-3-1;5-4-2-1-3-6-4/h1-5H2;5H,1-3H2. The topological polar surface area (TPSA) is 23.9 Å². The molecule has 0 amide bonds. The Labute approximate surface area is 73.5 Å². The first-order chi connectivity index (χ1) is 5.39. The molecule has 0 spiro atoms. The third-order valence-corrected chi connectivity index (χ3v) is 3.12. The molecule has 1 aliphatic carbocycles. The van der Waals surface area contributed by atoms with Crippen molar-refractivity contribution in [3.8, 4) is 0 Å². The van der Waals surface area contributed by atoms with Gasteiger partial charge in [-0.05, 0) is 18.6 Å². The van der Waals surface area contributed by atoms with Crippen LogP contribution in [0.15, 0.2) is 0 Å². The van der Waals surface area contributed by atoms with Crippen LogP contribution >= 0.6 is 11.8 Å². The third kappa shape index (κ3) is 4.46. The summed E-state index contributed by atoms with van der Waals surface area (Å²) in [5, 5.41) is 7.88. The van der Waals surface area contributed by atoms with Crippen molar-refractivity contribution in [2.75, 3.05) is 5.75 Å². The minimum atomic E-state index is 0.870. The van der Waals surface area contributed by atoms with Gasteiger partial charge in [0.05, 0.1) is 5.04 Å². The Morgan fingerprint density at radius 1 is 0.909 bits per heavy atom. The SMILES string of the molecule is C1CCCC1.N=C1CCCS1. The lowest BCUT2D eigenvalue weighted by molar-refractivity contribution is 0.886. The molecule has 0 aromatic heterocycles. The molecule has 1 saturated carbocycles. The molecule has 0 aromatic rings. The number of hydrogen-bond acceptors (Lipinski definition) is 2. The molecule has 1 N–H and O–H groups in total. The summed E-state index contributed by atoms with van der Waals surface area (Å²) in [5.74, 6) is 1.18. The van der Waals surface area contributed by atoms with E-state index in [1.165, 1.54) is 44.3 Å². The lowest BCUT2D eigenvalue weighted by Crippen LogP contribution is -1.73. The average Bonchev–Trinajstić information content (AvgIpc) is 2.57. The van der Waals surface area contributed by atoms with Crippen molar-refractivity contribution >= 4 is 16.8 Å². The van der Waals surface area contributed by atoms with Crippen LogP contribution in [-0.2, 0) is 0 Å². The van der Waals surface area contributed by atoms with Crippen molar-refractivity contribution in [2.45, 2.75) is 44.9 Å². The van der Waals surface area contributed by atoms with E-state index in [2.05, 4.69) is 0 Å². The van der Waals surface area contributed by atoms with Crippen LogP contribution in [0.5, 0.6) is 0 Å². The zero-order valence-electron chi connectivity index (χ0n) is 7.07. The largest absolute Gasteiger partial charge is 0.298 e. The van der Waals surface area contributed by atoms with Crippen LogP contribution in [-0.4, -0.2) is 10.8 Å². The maximum Gasteiger partial charge on any atom is 0.0641 e. The van der Waals surface area contributed by atoms with Crippen LogP contribution in [0.3, 0.4) is 0 Å². The Morgan fingerprint density at radius 3 is 1.64 bits per heavy atom. The fraction of sp³-hybridized carbons (Fsp3) is 0.889. The van der Waals surface area contributed by atoms with E-state index in [1.54, 1.807) is 11.8 Å². The van der Waals surface area contributed by atoms with E-state index in [0.29, 0.717) is 0 Å². The molecule has 1 aliphatic heterocycles. The predicted molar refractivity (Wildman–Crippen MR) is 52.5 cm³/mol. The van der Waals surface area contributed by atoms with Crippen molar-refractivity contribution < 1.29 is 0 Å². The highest BCUT2D eigenvalue weighted by molar-refractivity contribution is 8.14. The molecule has 0 unspecified atom stereocenters. The van der Waals surface area contributed by atoms with E-state index in [-0.39, 0.29) is 0 Å². The second-order valence-corrected chi connectivity index (χ2v) is 4.33. The molecule has 0 atom stereocenters. The molecular formula is C9H17NS. The van der Waals surface area contributed by atoms with E-state index < -0.39 is 0 Å². The first-order valence-corrected chi connectivity index (χ1v) is 5.58. The highest BCUT2D eigenvalue weighted by Gasteiger charge is 2.04. The van der Waals surface area contributed by atoms with Crippen molar-refractivity contribution in [2.24, 2.45) is 0 Å². The van der Waals surface area contributed by atoms with E-state index >= 15 is 0 Å². The zero-order valence-corrected chi connectivity index (χ0v) is 7.88. The first-order valence-electron chi connectivity index (χ1n) is 4.60. The number of thioether (sulfide) groups is 1. The Bertz CT molecular complexity index is 103. The van der Waals surface area contributed by atoms with Gasteiger partial charge in [-0.25, -0.2) is 0 Å². The van der Waals surface area contributed by atoms with Gasteiger partial charge in [0.1, 0.15) is 0 Å². The average molecular weight is 171 g/mol. The summed E-state index contributed by atoms with van der Waals surface area (Å²) < 4.78 is 0. The van der Waals surface area contributed by atoms with Crippen molar-refractivity contribution in [1.29, 1.82) is 5.41 Å². The highest BCUT2D eigenvalue weighted by atomic mass is 32.2. The summed E-state index contributed by atoms with van der Waals surface area (Å²) >= 11 is 1.68. The summed E-state index contributed by atoms with van der Waals surface area (Å²) in [6.07, 6.45) is 9.76. The molecule has 2 aliphatic rings. The van der Waals surface area contributed by atoms with Crippen LogP contribution in [0.1, 0.15) is 44.9 Å². The summed E-state index contributed by atoms with van der Waals surface area (Å²) in [6.45, 7) is 0. The lowest BCUT2D eigenvalue weighted by Gasteiger charge is -1.77. The molecule has 11 heavy (non-hydrogen) atoms. The molecule has 0 aromatic carbocycles. The van der Waals surface area contributed by atoms with E-state index in [0.717, 1.165) is 11.5 Å². The number of nitrogens with one attached hydrogen (secondary N) is 1. The van der Waals surface area contributed by atoms with Crippen molar-refractivity contribution in [3.63, 3.8) is 0 Å². The molecule has 1 saturated heterocycles. The smallest absolute Gasteiger partial charge is 0.0641 e. The first kappa shape index (κ1) is 9.11. The molecule has 1 nitrogen and oxygen atoms in total. The molecular weight excluding hydrogens is 154 g/mol. The monoisotopic (exact) mass is 171 g/mol. The molecule has 64 valence electrons. The molecule has 1 heterocycles. The van der Waals surface area contributed by atoms with Gasteiger partial charge in [0.15, 0.2) is 0 Å². The Kier molecular flexibility index (Phi) is 4.67. The van der Waals surface area contributed by atoms with Gasteiger partial charge in [0.25, 0.3) is 0 Å². The molecule has 2 fully saturated rings. The van der Waals surface area contributed by atoms with Gasteiger partial charge in [-0.3, -0.25) is 5.41 Å². The normalized spacial score (nSPS) is 23.1. The molecule has 2 rings (SSSR count). The van der Waals surface area contributed by atoms with Gasteiger partial charge in [-0.1, -0.05) is 32.1 Å². The van der Waals surface area contributed by atoms with Crippen LogP contribution in [0.4, 0.5) is 0 Å². The summed E-state index contributed by atoms with van der Waals surface area (Å²) in [5.41, 5.74) is 0. The van der Waals surface area contributed by atoms with Gasteiger partial charge < -0.3 is 0 Å². The number of hydrogen-bond donors (Lipinski definition) is 1. The van der Waals surface area contributed by atoms with Crippen molar-refractivity contribution in [1.82, 2.24) is 0 Å². The van der Waals surface area contributed by atoms with Crippen LogP contribution < -0.4 is 0 Å². The van der Waals surface area contributed by atoms with Gasteiger partial charge >= 0.3 is 0 Å². The predicted octanol–water partition coefficient (Wildman–Crippen LogP) is 3.44.